The standard InChI is InChI=1S/C17H25N5O/c1-17(2,3)15-19-16(20-23-15)21-9-8-12(10-21)22-11-18-13-6-4-5-7-14(13)22/h11-12H,4-10H2,1-3H3/t12-/m0/s1. The van der Waals surface area contributed by atoms with Gasteiger partial charge in [0.1, 0.15) is 0 Å². The molecule has 6 heteroatoms. The molecule has 1 aliphatic heterocycles. The molecule has 0 saturated carbocycles. The molecule has 124 valence electrons. The summed E-state index contributed by atoms with van der Waals surface area (Å²) in [5.41, 5.74) is 2.66. The maximum Gasteiger partial charge on any atom is 0.266 e. The van der Waals surface area contributed by atoms with Gasteiger partial charge in [0.2, 0.25) is 5.89 Å². The second kappa shape index (κ2) is 5.35. The summed E-state index contributed by atoms with van der Waals surface area (Å²) >= 11 is 0. The quantitative estimate of drug-likeness (QED) is 0.853. The largest absolute Gasteiger partial charge is 0.337 e. The Bertz CT molecular complexity index is 696. The molecule has 1 saturated heterocycles. The summed E-state index contributed by atoms with van der Waals surface area (Å²) in [6.45, 7) is 8.19. The number of imidazole rings is 1. The predicted octanol–water partition coefficient (Wildman–Crippen LogP) is 2.89. The van der Waals surface area contributed by atoms with Crippen molar-refractivity contribution < 1.29 is 4.52 Å². The van der Waals surface area contributed by atoms with Gasteiger partial charge in [0.05, 0.1) is 18.1 Å². The van der Waals surface area contributed by atoms with Crippen molar-refractivity contribution in [1.29, 1.82) is 0 Å². The van der Waals surface area contributed by atoms with Gasteiger partial charge >= 0.3 is 0 Å². The van der Waals surface area contributed by atoms with Crippen molar-refractivity contribution in [2.75, 3.05) is 18.0 Å². The minimum atomic E-state index is -0.103. The third-order valence-electron chi connectivity index (χ3n) is 4.96. The van der Waals surface area contributed by atoms with Gasteiger partial charge in [-0.15, -0.1) is 0 Å². The monoisotopic (exact) mass is 315 g/mol. The molecule has 2 aromatic rings. The van der Waals surface area contributed by atoms with Crippen molar-refractivity contribution in [1.82, 2.24) is 19.7 Å². The molecule has 6 nitrogen and oxygen atoms in total. The highest BCUT2D eigenvalue weighted by molar-refractivity contribution is 5.31. The van der Waals surface area contributed by atoms with E-state index in [1.54, 1.807) is 0 Å². The van der Waals surface area contributed by atoms with Crippen LogP contribution in [-0.4, -0.2) is 32.8 Å². The van der Waals surface area contributed by atoms with Crippen LogP contribution in [0.5, 0.6) is 0 Å². The lowest BCUT2D eigenvalue weighted by Gasteiger charge is -2.19. The molecule has 0 spiro atoms. The average Bonchev–Trinajstić information content (AvgIpc) is 3.24. The van der Waals surface area contributed by atoms with Crippen molar-refractivity contribution in [2.45, 2.75) is 64.3 Å². The van der Waals surface area contributed by atoms with Gasteiger partial charge in [-0.25, -0.2) is 4.98 Å². The molecule has 0 radical (unpaired) electrons. The van der Waals surface area contributed by atoms with E-state index in [9.17, 15) is 0 Å². The zero-order valence-corrected chi connectivity index (χ0v) is 14.2. The van der Waals surface area contributed by atoms with Gasteiger partial charge in [-0.05, 0) is 37.3 Å². The van der Waals surface area contributed by atoms with E-state index in [2.05, 4.69) is 45.4 Å². The Kier molecular flexibility index (Phi) is 3.43. The molecule has 2 aromatic heterocycles. The minimum Gasteiger partial charge on any atom is -0.337 e. The van der Waals surface area contributed by atoms with Crippen LogP contribution in [0.2, 0.25) is 0 Å². The lowest BCUT2D eigenvalue weighted by Crippen LogP contribution is -2.23. The summed E-state index contributed by atoms with van der Waals surface area (Å²) in [5.74, 6) is 1.43. The first-order chi connectivity index (χ1) is 11.0. The van der Waals surface area contributed by atoms with Gasteiger partial charge in [0.15, 0.2) is 0 Å². The number of fused-ring (bicyclic) bond motifs is 1. The van der Waals surface area contributed by atoms with E-state index >= 15 is 0 Å². The third-order valence-corrected chi connectivity index (χ3v) is 4.96. The summed E-state index contributed by atoms with van der Waals surface area (Å²) in [6, 6.07) is 0.473. The van der Waals surface area contributed by atoms with Crippen molar-refractivity contribution >= 4 is 5.95 Å². The Morgan fingerprint density at radius 3 is 2.83 bits per heavy atom. The van der Waals surface area contributed by atoms with Crippen molar-refractivity contribution in [3.8, 4) is 0 Å². The maximum absolute atomic E-state index is 5.44. The summed E-state index contributed by atoms with van der Waals surface area (Å²) in [5, 5.41) is 4.18. The lowest BCUT2D eigenvalue weighted by molar-refractivity contribution is 0.320. The van der Waals surface area contributed by atoms with E-state index in [0.717, 1.165) is 31.9 Å². The van der Waals surface area contributed by atoms with Crippen LogP contribution >= 0.6 is 0 Å². The van der Waals surface area contributed by atoms with Gasteiger partial charge < -0.3 is 14.0 Å². The van der Waals surface area contributed by atoms with Crippen LogP contribution < -0.4 is 4.90 Å². The van der Waals surface area contributed by atoms with Crippen LogP contribution in [0.25, 0.3) is 0 Å². The third kappa shape index (κ3) is 2.64. The maximum atomic E-state index is 5.44. The number of hydrogen-bond donors (Lipinski definition) is 0. The van der Waals surface area contributed by atoms with Gasteiger partial charge in [-0.2, -0.15) is 4.98 Å². The summed E-state index contributed by atoms with van der Waals surface area (Å²) in [6.07, 6.45) is 8.03. The summed E-state index contributed by atoms with van der Waals surface area (Å²) in [4.78, 5) is 11.5. The number of aromatic nitrogens is 4. The van der Waals surface area contributed by atoms with E-state index in [1.807, 2.05) is 6.33 Å². The highest BCUT2D eigenvalue weighted by Gasteiger charge is 2.31. The molecule has 0 aromatic carbocycles. The lowest BCUT2D eigenvalue weighted by atomic mass is 9.97. The van der Waals surface area contributed by atoms with Crippen LogP contribution in [0.3, 0.4) is 0 Å². The molecular weight excluding hydrogens is 290 g/mol. The second-order valence-electron chi connectivity index (χ2n) is 7.79. The molecule has 3 heterocycles. The first-order valence-electron chi connectivity index (χ1n) is 8.66. The topological polar surface area (TPSA) is 60.0 Å². The fraction of sp³-hybridized carbons (Fsp3) is 0.706. The van der Waals surface area contributed by atoms with Crippen LogP contribution in [0.4, 0.5) is 5.95 Å². The molecule has 2 aliphatic rings. The molecule has 1 fully saturated rings. The molecule has 4 rings (SSSR count). The van der Waals surface area contributed by atoms with Crippen LogP contribution in [-0.2, 0) is 18.3 Å². The first kappa shape index (κ1) is 14.7. The number of anilines is 1. The molecule has 0 unspecified atom stereocenters. The second-order valence-corrected chi connectivity index (χ2v) is 7.79. The van der Waals surface area contributed by atoms with E-state index in [-0.39, 0.29) is 5.41 Å². The first-order valence-corrected chi connectivity index (χ1v) is 8.66. The number of aryl methyl sites for hydroxylation is 1. The van der Waals surface area contributed by atoms with Crippen LogP contribution in [0.15, 0.2) is 10.9 Å². The highest BCUT2D eigenvalue weighted by atomic mass is 16.5. The fourth-order valence-corrected chi connectivity index (χ4v) is 3.61. The SMILES string of the molecule is CC(C)(C)c1nc(N2CC[C@H](n3cnc4c3CCCC4)C2)no1. The highest BCUT2D eigenvalue weighted by Crippen LogP contribution is 2.30. The van der Waals surface area contributed by atoms with Gasteiger partial charge in [0, 0.05) is 24.2 Å². The van der Waals surface area contributed by atoms with Gasteiger partial charge in [-0.1, -0.05) is 20.8 Å². The Labute approximate surface area is 136 Å². The summed E-state index contributed by atoms with van der Waals surface area (Å²) in [7, 11) is 0. The van der Waals surface area contributed by atoms with Crippen LogP contribution in [0.1, 0.15) is 63.4 Å². The molecule has 0 N–H and O–H groups in total. The normalized spacial score (nSPS) is 21.7. The zero-order valence-electron chi connectivity index (χ0n) is 14.2. The molecule has 23 heavy (non-hydrogen) atoms. The van der Waals surface area contributed by atoms with E-state index < -0.39 is 0 Å². The van der Waals surface area contributed by atoms with Crippen molar-refractivity contribution in [3.05, 3.63) is 23.6 Å². The van der Waals surface area contributed by atoms with E-state index in [4.69, 9.17) is 4.52 Å². The van der Waals surface area contributed by atoms with Crippen LogP contribution in [0, 0.1) is 0 Å². The smallest absolute Gasteiger partial charge is 0.266 e. The Hall–Kier alpha value is -1.85. The Morgan fingerprint density at radius 2 is 2.04 bits per heavy atom. The van der Waals surface area contributed by atoms with Crippen molar-refractivity contribution in [3.63, 3.8) is 0 Å². The summed E-state index contributed by atoms with van der Waals surface area (Å²) < 4.78 is 7.84. The zero-order chi connectivity index (χ0) is 16.0. The molecule has 0 amide bonds. The minimum absolute atomic E-state index is 0.103. The molecular formula is C17H25N5O. The molecule has 1 atom stereocenters. The average molecular weight is 315 g/mol. The fourth-order valence-electron chi connectivity index (χ4n) is 3.61. The number of nitrogens with zero attached hydrogens (tertiary/aromatic N) is 5. The van der Waals surface area contributed by atoms with Gasteiger partial charge in [0.25, 0.3) is 5.95 Å². The number of hydrogen-bond acceptors (Lipinski definition) is 5. The van der Waals surface area contributed by atoms with Crippen molar-refractivity contribution in [2.24, 2.45) is 0 Å². The van der Waals surface area contributed by atoms with E-state index in [1.165, 1.54) is 30.7 Å². The van der Waals surface area contributed by atoms with Gasteiger partial charge in [-0.3, -0.25) is 0 Å². The predicted molar refractivity (Wildman–Crippen MR) is 87.7 cm³/mol. The molecule has 0 bridgehead atoms. The Morgan fingerprint density at radius 1 is 1.22 bits per heavy atom. The van der Waals surface area contributed by atoms with E-state index in [0.29, 0.717) is 11.9 Å². The molecule has 1 aliphatic carbocycles. The Balaban J connectivity index is 1.51. The number of rotatable bonds is 2.